The minimum Gasteiger partial charge on any atom is -0.369 e. The van der Waals surface area contributed by atoms with Crippen molar-refractivity contribution in [3.8, 4) is 0 Å². The first-order valence-electron chi connectivity index (χ1n) is 9.31. The highest BCUT2D eigenvalue weighted by atomic mass is 127. The highest BCUT2D eigenvalue weighted by Crippen LogP contribution is 2.20. The highest BCUT2D eigenvalue weighted by Gasteiger charge is 2.28. The molecule has 1 aliphatic heterocycles. The summed E-state index contributed by atoms with van der Waals surface area (Å²) in [6.45, 7) is 4.05. The van der Waals surface area contributed by atoms with Crippen molar-refractivity contribution in [3.05, 3.63) is 29.8 Å². The van der Waals surface area contributed by atoms with E-state index in [2.05, 4.69) is 51.7 Å². The van der Waals surface area contributed by atoms with E-state index < -0.39 is 12.7 Å². The zero-order chi connectivity index (χ0) is 19.9. The van der Waals surface area contributed by atoms with E-state index in [0.717, 1.165) is 19.5 Å². The van der Waals surface area contributed by atoms with Crippen molar-refractivity contribution in [2.75, 3.05) is 51.7 Å². The quantitative estimate of drug-likeness (QED) is 0.255. The van der Waals surface area contributed by atoms with Gasteiger partial charge in [-0.15, -0.1) is 24.0 Å². The van der Waals surface area contributed by atoms with Crippen LogP contribution in [0.1, 0.15) is 18.4 Å². The van der Waals surface area contributed by atoms with Crippen molar-refractivity contribution in [2.45, 2.75) is 32.0 Å². The Morgan fingerprint density at radius 2 is 1.96 bits per heavy atom. The molecular weight excluding hydrogens is 482 g/mol. The van der Waals surface area contributed by atoms with Crippen LogP contribution in [0.4, 0.5) is 18.9 Å². The summed E-state index contributed by atoms with van der Waals surface area (Å²) in [6, 6.07) is 8.81. The number of hydrogen-bond acceptors (Lipinski definition) is 3. The lowest BCUT2D eigenvalue weighted by Gasteiger charge is -2.21. The molecule has 1 atom stereocenters. The van der Waals surface area contributed by atoms with Gasteiger partial charge in [-0.05, 0) is 45.5 Å². The molecule has 28 heavy (non-hydrogen) atoms. The van der Waals surface area contributed by atoms with E-state index in [0.29, 0.717) is 31.5 Å². The number of rotatable bonds is 7. The average Bonchev–Trinajstić information content (AvgIpc) is 3.05. The van der Waals surface area contributed by atoms with Crippen molar-refractivity contribution in [1.82, 2.24) is 15.5 Å². The lowest BCUT2D eigenvalue weighted by atomic mass is 10.2. The second-order valence-corrected chi connectivity index (χ2v) is 7.12. The number of aryl methyl sites for hydroxylation is 1. The maximum atomic E-state index is 12.3. The molecule has 160 valence electrons. The van der Waals surface area contributed by atoms with Crippen molar-refractivity contribution in [3.63, 3.8) is 0 Å². The van der Waals surface area contributed by atoms with Gasteiger partial charge in [-0.3, -0.25) is 9.89 Å². The molecule has 0 spiro atoms. The number of halogens is 4. The molecule has 2 N–H and O–H groups in total. The number of nitrogens with one attached hydrogen (secondary N) is 2. The first-order valence-corrected chi connectivity index (χ1v) is 9.31. The van der Waals surface area contributed by atoms with Crippen LogP contribution in [-0.2, 0) is 0 Å². The fraction of sp³-hybridized carbons (Fsp3) is 0.632. The molecule has 1 unspecified atom stereocenters. The van der Waals surface area contributed by atoms with Crippen LogP contribution in [0.15, 0.2) is 29.3 Å². The smallest absolute Gasteiger partial charge is 0.369 e. The molecule has 0 saturated carbocycles. The number of benzene rings is 1. The van der Waals surface area contributed by atoms with E-state index in [1.54, 1.807) is 7.05 Å². The molecule has 1 fully saturated rings. The Kier molecular flexibility index (Phi) is 10.4. The maximum Gasteiger partial charge on any atom is 0.401 e. The van der Waals surface area contributed by atoms with Gasteiger partial charge in [0.05, 0.1) is 6.54 Å². The summed E-state index contributed by atoms with van der Waals surface area (Å²) in [6.07, 6.45) is -2.51. The molecule has 1 saturated heterocycles. The second kappa shape index (κ2) is 11.7. The molecule has 5 nitrogen and oxygen atoms in total. The minimum absolute atomic E-state index is 0. The van der Waals surface area contributed by atoms with Gasteiger partial charge in [0.15, 0.2) is 5.96 Å². The van der Waals surface area contributed by atoms with Crippen LogP contribution >= 0.6 is 24.0 Å². The second-order valence-electron chi connectivity index (χ2n) is 7.12. The van der Waals surface area contributed by atoms with Gasteiger partial charge in [-0.1, -0.05) is 17.7 Å². The SMILES string of the molecule is CN=C(NCCCN(C)CC(F)(F)F)NC1CCN(c2ccc(C)cc2)C1.I. The normalized spacial score (nSPS) is 17.6. The molecule has 9 heteroatoms. The third-order valence-electron chi connectivity index (χ3n) is 4.61. The first kappa shape index (κ1) is 24.8. The van der Waals surface area contributed by atoms with E-state index in [4.69, 9.17) is 0 Å². The predicted octanol–water partition coefficient (Wildman–Crippen LogP) is 3.24. The lowest BCUT2D eigenvalue weighted by Crippen LogP contribution is -2.45. The summed E-state index contributed by atoms with van der Waals surface area (Å²) in [7, 11) is 3.19. The third kappa shape index (κ3) is 8.85. The van der Waals surface area contributed by atoms with Crippen LogP contribution in [0.2, 0.25) is 0 Å². The predicted molar refractivity (Wildman–Crippen MR) is 120 cm³/mol. The van der Waals surface area contributed by atoms with Gasteiger partial charge in [-0.2, -0.15) is 13.2 Å². The minimum atomic E-state index is -4.15. The molecule has 1 aliphatic rings. The van der Waals surface area contributed by atoms with Crippen LogP contribution in [-0.4, -0.2) is 69.9 Å². The summed E-state index contributed by atoms with van der Waals surface area (Å²) in [5.41, 5.74) is 2.47. The average molecular weight is 513 g/mol. The molecule has 0 aliphatic carbocycles. The molecule has 1 aromatic rings. The van der Waals surface area contributed by atoms with Gasteiger partial charge in [0.25, 0.3) is 0 Å². The summed E-state index contributed by atoms with van der Waals surface area (Å²) in [5.74, 6) is 0.698. The Bertz CT molecular complexity index is 607. The fourth-order valence-electron chi connectivity index (χ4n) is 3.20. The van der Waals surface area contributed by atoms with Crippen molar-refractivity contribution < 1.29 is 13.2 Å². The van der Waals surface area contributed by atoms with E-state index in [9.17, 15) is 13.2 Å². The van der Waals surface area contributed by atoms with Crippen LogP contribution in [0.5, 0.6) is 0 Å². The number of alkyl halides is 3. The fourth-order valence-corrected chi connectivity index (χ4v) is 3.20. The molecule has 0 bridgehead atoms. The molecule has 0 amide bonds. The van der Waals surface area contributed by atoms with E-state index in [-0.39, 0.29) is 24.0 Å². The van der Waals surface area contributed by atoms with Crippen molar-refractivity contribution in [1.29, 1.82) is 0 Å². The van der Waals surface area contributed by atoms with Gasteiger partial charge < -0.3 is 15.5 Å². The maximum absolute atomic E-state index is 12.3. The summed E-state index contributed by atoms with van der Waals surface area (Å²) in [4.78, 5) is 7.85. The lowest BCUT2D eigenvalue weighted by molar-refractivity contribution is -0.143. The monoisotopic (exact) mass is 513 g/mol. The van der Waals surface area contributed by atoms with E-state index in [1.807, 2.05) is 0 Å². The van der Waals surface area contributed by atoms with Gasteiger partial charge in [-0.25, -0.2) is 0 Å². The Balaban J connectivity index is 0.00000392. The van der Waals surface area contributed by atoms with Crippen LogP contribution < -0.4 is 15.5 Å². The summed E-state index contributed by atoms with van der Waals surface area (Å²) < 4.78 is 36.9. The Morgan fingerprint density at radius 1 is 1.29 bits per heavy atom. The molecule has 1 heterocycles. The topological polar surface area (TPSA) is 42.9 Å². The number of guanidine groups is 1. The first-order chi connectivity index (χ1) is 12.8. The van der Waals surface area contributed by atoms with Crippen LogP contribution in [0.25, 0.3) is 0 Å². The van der Waals surface area contributed by atoms with Gasteiger partial charge in [0.1, 0.15) is 0 Å². The number of aliphatic imine (C=N–C) groups is 1. The molecule has 1 aromatic carbocycles. The van der Waals surface area contributed by atoms with Crippen LogP contribution in [0, 0.1) is 6.92 Å². The van der Waals surface area contributed by atoms with E-state index >= 15 is 0 Å². The van der Waals surface area contributed by atoms with Crippen molar-refractivity contribution in [2.24, 2.45) is 4.99 Å². The zero-order valence-electron chi connectivity index (χ0n) is 16.7. The standard InChI is InChI=1S/C19H30F3N5.HI/c1-15-5-7-17(8-6-15)27-12-9-16(13-27)25-18(23-2)24-10-4-11-26(3)14-19(20,21)22;/h5-8,16H,4,9-14H2,1-3H3,(H2,23,24,25);1H. The zero-order valence-corrected chi connectivity index (χ0v) is 19.1. The summed E-state index contributed by atoms with van der Waals surface area (Å²) in [5, 5.41) is 6.60. The van der Waals surface area contributed by atoms with Gasteiger partial charge >= 0.3 is 6.18 Å². The summed E-state index contributed by atoms with van der Waals surface area (Å²) >= 11 is 0. The number of nitrogens with zero attached hydrogens (tertiary/aromatic N) is 3. The number of hydrogen-bond donors (Lipinski definition) is 2. The molecule has 0 radical (unpaired) electrons. The van der Waals surface area contributed by atoms with Crippen molar-refractivity contribution >= 4 is 35.6 Å². The van der Waals surface area contributed by atoms with Gasteiger partial charge in [0.2, 0.25) is 0 Å². The Hall–Kier alpha value is -1.23. The van der Waals surface area contributed by atoms with E-state index in [1.165, 1.54) is 23.2 Å². The highest BCUT2D eigenvalue weighted by molar-refractivity contribution is 14.0. The van der Waals surface area contributed by atoms with Gasteiger partial charge in [0, 0.05) is 38.4 Å². The van der Waals surface area contributed by atoms with Crippen LogP contribution in [0.3, 0.4) is 0 Å². The Morgan fingerprint density at radius 3 is 2.57 bits per heavy atom. The Labute approximate surface area is 182 Å². The number of anilines is 1. The largest absolute Gasteiger partial charge is 0.401 e. The molecule has 0 aromatic heterocycles. The third-order valence-corrected chi connectivity index (χ3v) is 4.61. The molecule has 2 rings (SSSR count). The molecular formula is C19H31F3IN5.